The van der Waals surface area contributed by atoms with Crippen molar-refractivity contribution in [2.45, 2.75) is 0 Å². The van der Waals surface area contributed by atoms with Crippen molar-refractivity contribution < 1.29 is 13.6 Å². The standard InChI is InChI=1S/C15H10BrFN2O2/c16-10-3-1-2-8-6-13(21-14(8)10)15(20)19-12-7-9(18)4-5-11(12)17/h1-7H,18H2,(H,19,20). The minimum atomic E-state index is -0.560. The van der Waals surface area contributed by atoms with Gasteiger partial charge in [0.25, 0.3) is 5.91 Å². The number of benzene rings is 2. The minimum Gasteiger partial charge on any atom is -0.450 e. The lowest BCUT2D eigenvalue weighted by molar-refractivity contribution is 0.0998. The summed E-state index contributed by atoms with van der Waals surface area (Å²) in [7, 11) is 0. The van der Waals surface area contributed by atoms with Crippen LogP contribution >= 0.6 is 15.9 Å². The van der Waals surface area contributed by atoms with Crippen LogP contribution in [0.25, 0.3) is 11.0 Å². The molecule has 3 N–H and O–H groups in total. The maximum Gasteiger partial charge on any atom is 0.291 e. The van der Waals surface area contributed by atoms with E-state index in [1.165, 1.54) is 18.2 Å². The summed E-state index contributed by atoms with van der Waals surface area (Å²) in [6, 6.07) is 11.0. The number of rotatable bonds is 2. The Hall–Kier alpha value is -2.34. The van der Waals surface area contributed by atoms with Crippen LogP contribution in [-0.2, 0) is 0 Å². The fourth-order valence-corrected chi connectivity index (χ4v) is 2.42. The first-order chi connectivity index (χ1) is 10.0. The molecule has 0 fully saturated rings. The molecule has 4 nitrogen and oxygen atoms in total. The number of fused-ring (bicyclic) bond motifs is 1. The lowest BCUT2D eigenvalue weighted by Gasteiger charge is -2.05. The van der Waals surface area contributed by atoms with E-state index in [0.29, 0.717) is 11.3 Å². The van der Waals surface area contributed by atoms with Gasteiger partial charge in [-0.15, -0.1) is 0 Å². The predicted molar refractivity (Wildman–Crippen MR) is 82.7 cm³/mol. The summed E-state index contributed by atoms with van der Waals surface area (Å²) in [5.41, 5.74) is 6.51. The minimum absolute atomic E-state index is 0.0134. The van der Waals surface area contributed by atoms with Gasteiger partial charge in [-0.05, 0) is 46.3 Å². The van der Waals surface area contributed by atoms with E-state index in [1.54, 1.807) is 6.07 Å². The van der Waals surface area contributed by atoms with E-state index in [9.17, 15) is 9.18 Å². The zero-order valence-corrected chi connectivity index (χ0v) is 12.3. The lowest BCUT2D eigenvalue weighted by Crippen LogP contribution is -2.12. The number of carbonyl (C=O) groups excluding carboxylic acids is 1. The van der Waals surface area contributed by atoms with Gasteiger partial charge >= 0.3 is 0 Å². The largest absolute Gasteiger partial charge is 0.450 e. The Kier molecular flexibility index (Phi) is 3.39. The number of amides is 1. The van der Waals surface area contributed by atoms with Crippen LogP contribution in [0, 0.1) is 5.82 Å². The number of hydrogen-bond acceptors (Lipinski definition) is 3. The fourth-order valence-electron chi connectivity index (χ4n) is 1.96. The molecule has 0 bridgehead atoms. The molecule has 0 saturated carbocycles. The van der Waals surface area contributed by atoms with Gasteiger partial charge in [0.15, 0.2) is 5.76 Å². The van der Waals surface area contributed by atoms with Gasteiger partial charge in [0.1, 0.15) is 11.4 Å². The summed E-state index contributed by atoms with van der Waals surface area (Å²) < 4.78 is 19.8. The molecule has 0 spiro atoms. The molecule has 1 aromatic heterocycles. The van der Waals surface area contributed by atoms with E-state index < -0.39 is 11.7 Å². The first-order valence-corrected chi connectivity index (χ1v) is 6.88. The first kappa shape index (κ1) is 13.6. The van der Waals surface area contributed by atoms with Crippen molar-refractivity contribution in [3.63, 3.8) is 0 Å². The highest BCUT2D eigenvalue weighted by Gasteiger charge is 2.15. The molecule has 0 atom stereocenters. The van der Waals surface area contributed by atoms with Crippen LogP contribution < -0.4 is 11.1 Å². The van der Waals surface area contributed by atoms with Gasteiger partial charge in [0.05, 0.1) is 10.2 Å². The van der Waals surface area contributed by atoms with Crippen LogP contribution in [0.5, 0.6) is 0 Å². The van der Waals surface area contributed by atoms with Crippen LogP contribution in [0.15, 0.2) is 51.4 Å². The van der Waals surface area contributed by atoms with Crippen molar-refractivity contribution in [3.8, 4) is 0 Å². The van der Waals surface area contributed by atoms with E-state index in [0.717, 1.165) is 9.86 Å². The molecular weight excluding hydrogens is 339 g/mol. The van der Waals surface area contributed by atoms with Crippen molar-refractivity contribution in [1.82, 2.24) is 0 Å². The summed E-state index contributed by atoms with van der Waals surface area (Å²) in [6.45, 7) is 0. The maximum absolute atomic E-state index is 13.6. The van der Waals surface area contributed by atoms with Crippen LogP contribution in [0.3, 0.4) is 0 Å². The topological polar surface area (TPSA) is 68.3 Å². The van der Waals surface area contributed by atoms with Gasteiger partial charge in [-0.2, -0.15) is 0 Å². The molecular formula is C15H10BrFN2O2. The molecule has 1 amide bonds. The normalized spacial score (nSPS) is 10.8. The average Bonchev–Trinajstić information content (AvgIpc) is 2.88. The zero-order valence-electron chi connectivity index (χ0n) is 10.7. The van der Waals surface area contributed by atoms with Crippen LogP contribution in [-0.4, -0.2) is 5.91 Å². The number of anilines is 2. The monoisotopic (exact) mass is 348 g/mol. The van der Waals surface area contributed by atoms with E-state index in [2.05, 4.69) is 21.2 Å². The Bertz CT molecular complexity index is 845. The summed E-state index contributed by atoms with van der Waals surface area (Å²) in [4.78, 5) is 12.1. The molecule has 6 heteroatoms. The third kappa shape index (κ3) is 2.62. The molecule has 3 aromatic rings. The maximum atomic E-state index is 13.6. The molecule has 3 rings (SSSR count). The number of furan rings is 1. The Morgan fingerprint density at radius 2 is 2.05 bits per heavy atom. The summed E-state index contributed by atoms with van der Waals surface area (Å²) in [5, 5.41) is 3.22. The molecule has 0 unspecified atom stereocenters. The molecule has 1 heterocycles. The summed E-state index contributed by atoms with van der Waals surface area (Å²) >= 11 is 3.35. The zero-order chi connectivity index (χ0) is 15.0. The van der Waals surface area contributed by atoms with E-state index >= 15 is 0 Å². The number of nitrogen functional groups attached to an aromatic ring is 1. The van der Waals surface area contributed by atoms with Crippen LogP contribution in [0.1, 0.15) is 10.6 Å². The summed E-state index contributed by atoms with van der Waals surface area (Å²) in [6.07, 6.45) is 0. The van der Waals surface area contributed by atoms with Crippen molar-refractivity contribution in [2.75, 3.05) is 11.1 Å². The Morgan fingerprint density at radius 3 is 2.81 bits per heavy atom. The molecule has 0 aliphatic rings. The number of nitrogens with two attached hydrogens (primary N) is 1. The van der Waals surface area contributed by atoms with Gasteiger partial charge in [-0.3, -0.25) is 4.79 Å². The predicted octanol–water partition coefficient (Wildman–Crippen LogP) is 4.17. The molecule has 21 heavy (non-hydrogen) atoms. The second-order valence-electron chi connectivity index (χ2n) is 4.46. The Morgan fingerprint density at radius 1 is 1.24 bits per heavy atom. The SMILES string of the molecule is Nc1ccc(F)c(NC(=O)c2cc3cccc(Br)c3o2)c1. The smallest absolute Gasteiger partial charge is 0.291 e. The highest BCUT2D eigenvalue weighted by molar-refractivity contribution is 9.10. The number of hydrogen-bond donors (Lipinski definition) is 2. The second-order valence-corrected chi connectivity index (χ2v) is 5.32. The van der Waals surface area contributed by atoms with E-state index in [-0.39, 0.29) is 11.4 Å². The van der Waals surface area contributed by atoms with E-state index in [4.69, 9.17) is 10.2 Å². The quantitative estimate of drug-likeness (QED) is 0.683. The van der Waals surface area contributed by atoms with Gasteiger partial charge in [-0.1, -0.05) is 12.1 Å². The number of para-hydroxylation sites is 1. The average molecular weight is 349 g/mol. The molecule has 0 aliphatic heterocycles. The van der Waals surface area contributed by atoms with Gasteiger partial charge < -0.3 is 15.5 Å². The molecule has 0 aliphatic carbocycles. The Balaban J connectivity index is 1.93. The molecule has 0 radical (unpaired) electrons. The van der Waals surface area contributed by atoms with Crippen molar-refractivity contribution in [3.05, 3.63) is 58.5 Å². The number of nitrogens with one attached hydrogen (secondary N) is 1. The van der Waals surface area contributed by atoms with Crippen LogP contribution in [0.2, 0.25) is 0 Å². The molecule has 0 saturated heterocycles. The molecule has 2 aromatic carbocycles. The van der Waals surface area contributed by atoms with Crippen molar-refractivity contribution >= 4 is 44.2 Å². The van der Waals surface area contributed by atoms with Crippen molar-refractivity contribution in [2.24, 2.45) is 0 Å². The van der Waals surface area contributed by atoms with Gasteiger partial charge in [0.2, 0.25) is 0 Å². The number of halogens is 2. The Labute approximate surface area is 127 Å². The van der Waals surface area contributed by atoms with Gasteiger partial charge in [0, 0.05) is 11.1 Å². The summed E-state index contributed by atoms with van der Waals surface area (Å²) in [5.74, 6) is -1.00. The molecule has 106 valence electrons. The van der Waals surface area contributed by atoms with E-state index in [1.807, 2.05) is 18.2 Å². The second kappa shape index (κ2) is 5.21. The highest BCUT2D eigenvalue weighted by atomic mass is 79.9. The van der Waals surface area contributed by atoms with Crippen molar-refractivity contribution in [1.29, 1.82) is 0 Å². The van der Waals surface area contributed by atoms with Gasteiger partial charge in [-0.25, -0.2) is 4.39 Å². The fraction of sp³-hybridized carbons (Fsp3) is 0. The lowest BCUT2D eigenvalue weighted by atomic mass is 10.2. The highest BCUT2D eigenvalue weighted by Crippen LogP contribution is 2.27. The third-order valence-corrected chi connectivity index (χ3v) is 3.58. The third-order valence-electron chi connectivity index (χ3n) is 2.96. The first-order valence-electron chi connectivity index (χ1n) is 6.09. The van der Waals surface area contributed by atoms with Crippen LogP contribution in [0.4, 0.5) is 15.8 Å². The number of carbonyl (C=O) groups is 1.